The Morgan fingerprint density at radius 1 is 1.00 bits per heavy atom. The molecule has 6 nitrogen and oxygen atoms in total. The van der Waals surface area contributed by atoms with Gasteiger partial charge >= 0.3 is 0 Å². The number of carbonyl (C=O) groups is 1. The van der Waals surface area contributed by atoms with Crippen molar-refractivity contribution in [2.45, 2.75) is 13.5 Å². The van der Waals surface area contributed by atoms with E-state index in [-0.39, 0.29) is 5.91 Å². The smallest absolute Gasteiger partial charge is 0.257 e. The third kappa shape index (κ3) is 4.23. The Bertz CT molecular complexity index is 1000. The molecule has 3 aromatic rings. The predicted octanol–water partition coefficient (Wildman–Crippen LogP) is 4.03. The molecule has 1 aliphatic rings. The first-order valence-electron chi connectivity index (χ1n) is 9.13. The Morgan fingerprint density at radius 3 is 2.71 bits per heavy atom. The van der Waals surface area contributed by atoms with Crippen LogP contribution < -0.4 is 20.1 Å². The van der Waals surface area contributed by atoms with Gasteiger partial charge in [0.15, 0.2) is 11.5 Å². The number of ether oxygens (including phenoxy) is 2. The monoisotopic (exact) mass is 375 g/mol. The summed E-state index contributed by atoms with van der Waals surface area (Å²) < 4.78 is 11.1. The van der Waals surface area contributed by atoms with Crippen LogP contribution in [-0.4, -0.2) is 24.1 Å². The maximum Gasteiger partial charge on any atom is 0.257 e. The Balaban J connectivity index is 1.42. The molecule has 0 saturated carbocycles. The fraction of sp³-hybridized carbons (Fsp3) is 0.182. The number of hydrogen-bond acceptors (Lipinski definition) is 5. The highest BCUT2D eigenvalue weighted by molar-refractivity contribution is 6.04. The normalized spacial score (nSPS) is 12.3. The molecule has 0 bridgehead atoms. The minimum atomic E-state index is -0.233. The van der Waals surface area contributed by atoms with Crippen LogP contribution in [0.1, 0.15) is 21.5 Å². The number of amides is 1. The van der Waals surface area contributed by atoms with Crippen LogP contribution in [0.3, 0.4) is 0 Å². The van der Waals surface area contributed by atoms with Gasteiger partial charge in [-0.1, -0.05) is 29.8 Å². The summed E-state index contributed by atoms with van der Waals surface area (Å²) in [4.78, 5) is 16.8. The standard InChI is InChI=1S/C22H21N3O3/c1-15-3-2-4-16(9-15)12-24-19-10-17(13-23-14-19)22(26)25-18-5-6-20-21(11-18)28-8-7-27-20/h2-6,9-11,13-14,24H,7-8,12H2,1H3,(H,25,26). The van der Waals surface area contributed by atoms with Gasteiger partial charge in [-0.2, -0.15) is 0 Å². The topological polar surface area (TPSA) is 72.5 Å². The van der Waals surface area contributed by atoms with Gasteiger partial charge in [0.25, 0.3) is 5.91 Å². The minimum absolute atomic E-state index is 0.233. The summed E-state index contributed by atoms with van der Waals surface area (Å²) in [6.07, 6.45) is 3.25. The van der Waals surface area contributed by atoms with Gasteiger partial charge in [-0.15, -0.1) is 0 Å². The van der Waals surface area contributed by atoms with Crippen LogP contribution in [0.2, 0.25) is 0 Å². The van der Waals surface area contributed by atoms with E-state index < -0.39 is 0 Å². The van der Waals surface area contributed by atoms with Crippen molar-refractivity contribution < 1.29 is 14.3 Å². The van der Waals surface area contributed by atoms with Gasteiger partial charge in [-0.3, -0.25) is 9.78 Å². The Labute approximate surface area is 163 Å². The molecule has 28 heavy (non-hydrogen) atoms. The molecule has 142 valence electrons. The maximum atomic E-state index is 12.6. The van der Waals surface area contributed by atoms with Crippen LogP contribution >= 0.6 is 0 Å². The van der Waals surface area contributed by atoms with Crippen LogP contribution in [-0.2, 0) is 6.54 Å². The van der Waals surface area contributed by atoms with E-state index in [1.807, 2.05) is 6.07 Å². The molecule has 1 aromatic heterocycles. The summed E-state index contributed by atoms with van der Waals surface area (Å²) in [7, 11) is 0. The molecule has 4 rings (SSSR count). The summed E-state index contributed by atoms with van der Waals surface area (Å²) in [5.74, 6) is 1.09. The first kappa shape index (κ1) is 17.9. The largest absolute Gasteiger partial charge is 0.486 e. The fourth-order valence-corrected chi connectivity index (χ4v) is 3.01. The van der Waals surface area contributed by atoms with Crippen molar-refractivity contribution in [3.8, 4) is 11.5 Å². The molecule has 6 heteroatoms. The number of nitrogens with zero attached hydrogens (tertiary/aromatic N) is 1. The number of aromatic nitrogens is 1. The predicted molar refractivity (Wildman–Crippen MR) is 108 cm³/mol. The lowest BCUT2D eigenvalue weighted by molar-refractivity contribution is 0.102. The number of rotatable bonds is 5. The van der Waals surface area contributed by atoms with Gasteiger partial charge in [0.05, 0.1) is 11.3 Å². The molecule has 0 saturated heterocycles. The van der Waals surface area contributed by atoms with Crippen LogP contribution in [0, 0.1) is 6.92 Å². The molecule has 0 radical (unpaired) electrons. The van der Waals surface area contributed by atoms with E-state index in [2.05, 4.69) is 40.7 Å². The molecular weight excluding hydrogens is 354 g/mol. The van der Waals surface area contributed by atoms with Crippen molar-refractivity contribution in [2.24, 2.45) is 0 Å². The van der Waals surface area contributed by atoms with Gasteiger partial charge in [-0.05, 0) is 30.7 Å². The van der Waals surface area contributed by atoms with Crippen molar-refractivity contribution in [3.05, 3.63) is 77.6 Å². The molecule has 1 amide bonds. The van der Waals surface area contributed by atoms with Crippen molar-refractivity contribution in [2.75, 3.05) is 23.8 Å². The number of pyridine rings is 1. The molecule has 0 atom stereocenters. The SMILES string of the molecule is Cc1cccc(CNc2cncc(C(=O)Nc3ccc4c(c3)OCCO4)c2)c1. The molecule has 2 aromatic carbocycles. The second-order valence-electron chi connectivity index (χ2n) is 6.62. The molecule has 1 aliphatic heterocycles. The van der Waals surface area contributed by atoms with E-state index in [9.17, 15) is 4.79 Å². The lowest BCUT2D eigenvalue weighted by Gasteiger charge is -2.19. The van der Waals surface area contributed by atoms with Gasteiger partial charge in [0.2, 0.25) is 0 Å². The zero-order chi connectivity index (χ0) is 19.3. The average Bonchev–Trinajstić information content (AvgIpc) is 2.72. The summed E-state index contributed by atoms with van der Waals surface area (Å²) >= 11 is 0. The van der Waals surface area contributed by atoms with Gasteiger partial charge in [0.1, 0.15) is 13.2 Å². The van der Waals surface area contributed by atoms with E-state index in [4.69, 9.17) is 9.47 Å². The van der Waals surface area contributed by atoms with Crippen LogP contribution in [0.5, 0.6) is 11.5 Å². The quantitative estimate of drug-likeness (QED) is 0.705. The summed E-state index contributed by atoms with van der Waals surface area (Å²) in [5, 5.41) is 6.18. The second-order valence-corrected chi connectivity index (χ2v) is 6.62. The van der Waals surface area contributed by atoms with Gasteiger partial charge < -0.3 is 20.1 Å². The molecule has 2 N–H and O–H groups in total. The number of hydrogen-bond donors (Lipinski definition) is 2. The van der Waals surface area contributed by atoms with E-state index in [0.717, 1.165) is 5.69 Å². The number of nitrogens with one attached hydrogen (secondary N) is 2. The highest BCUT2D eigenvalue weighted by Crippen LogP contribution is 2.32. The van der Waals surface area contributed by atoms with Crippen molar-refractivity contribution in [3.63, 3.8) is 0 Å². The highest BCUT2D eigenvalue weighted by atomic mass is 16.6. The maximum absolute atomic E-state index is 12.6. The fourth-order valence-electron chi connectivity index (χ4n) is 3.01. The zero-order valence-electron chi connectivity index (χ0n) is 15.6. The molecular formula is C22H21N3O3. The van der Waals surface area contributed by atoms with Crippen molar-refractivity contribution in [1.82, 2.24) is 4.98 Å². The number of carbonyl (C=O) groups excluding carboxylic acids is 1. The number of aryl methyl sites for hydroxylation is 1. The van der Waals surface area contributed by atoms with E-state index in [0.29, 0.717) is 42.5 Å². The number of fused-ring (bicyclic) bond motifs is 1. The summed E-state index contributed by atoms with van der Waals surface area (Å²) in [6, 6.07) is 15.4. The van der Waals surface area contributed by atoms with Crippen molar-refractivity contribution >= 4 is 17.3 Å². The van der Waals surface area contributed by atoms with Gasteiger partial charge in [0, 0.05) is 30.7 Å². The lowest BCUT2D eigenvalue weighted by atomic mass is 10.1. The first-order valence-corrected chi connectivity index (χ1v) is 9.13. The van der Waals surface area contributed by atoms with Crippen molar-refractivity contribution in [1.29, 1.82) is 0 Å². The Morgan fingerprint density at radius 2 is 1.86 bits per heavy atom. The molecule has 0 fully saturated rings. The first-order chi connectivity index (χ1) is 13.7. The second kappa shape index (κ2) is 8.00. The third-order valence-corrected chi connectivity index (χ3v) is 4.38. The van der Waals surface area contributed by atoms with Gasteiger partial charge in [-0.25, -0.2) is 0 Å². The molecule has 0 aliphatic carbocycles. The van der Waals surface area contributed by atoms with E-state index in [1.165, 1.54) is 11.1 Å². The Hall–Kier alpha value is -3.54. The minimum Gasteiger partial charge on any atom is -0.486 e. The molecule has 2 heterocycles. The molecule has 0 spiro atoms. The molecule has 0 unspecified atom stereocenters. The lowest BCUT2D eigenvalue weighted by Crippen LogP contribution is -2.16. The Kier molecular flexibility index (Phi) is 5.10. The summed E-state index contributed by atoms with van der Waals surface area (Å²) in [5.41, 5.74) is 4.30. The van der Waals surface area contributed by atoms with Crippen LogP contribution in [0.15, 0.2) is 60.9 Å². The summed E-state index contributed by atoms with van der Waals surface area (Å²) in [6.45, 7) is 3.76. The van der Waals surface area contributed by atoms with E-state index in [1.54, 1.807) is 36.7 Å². The zero-order valence-corrected chi connectivity index (χ0v) is 15.6. The highest BCUT2D eigenvalue weighted by Gasteiger charge is 2.14. The average molecular weight is 375 g/mol. The van der Waals surface area contributed by atoms with Crippen LogP contribution in [0.25, 0.3) is 0 Å². The number of benzene rings is 2. The van der Waals surface area contributed by atoms with Crippen LogP contribution in [0.4, 0.5) is 11.4 Å². The number of anilines is 2. The third-order valence-electron chi connectivity index (χ3n) is 4.38. The van der Waals surface area contributed by atoms with E-state index >= 15 is 0 Å².